The number of carbonyl (C=O) groups excluding carboxylic acids is 1. The van der Waals surface area contributed by atoms with Gasteiger partial charge in [0.15, 0.2) is 6.61 Å². The van der Waals surface area contributed by atoms with Gasteiger partial charge in [0.25, 0.3) is 5.91 Å². The fourth-order valence-corrected chi connectivity index (χ4v) is 4.27. The van der Waals surface area contributed by atoms with E-state index in [1.54, 1.807) is 31.2 Å². The van der Waals surface area contributed by atoms with Crippen molar-refractivity contribution in [2.45, 2.75) is 17.9 Å². The molecule has 134 valence electrons. The minimum absolute atomic E-state index is 0.0333. The highest BCUT2D eigenvalue weighted by Crippen LogP contribution is 2.36. The first kappa shape index (κ1) is 18.2. The lowest BCUT2D eigenvalue weighted by atomic mass is 10.1. The number of halogens is 1. The smallest absolute Gasteiger partial charge is 0.262 e. The van der Waals surface area contributed by atoms with Crippen LogP contribution in [-0.2, 0) is 14.8 Å². The van der Waals surface area contributed by atoms with E-state index in [4.69, 9.17) is 21.6 Å². The predicted molar refractivity (Wildman–Crippen MR) is 95.5 cm³/mol. The van der Waals surface area contributed by atoms with E-state index in [0.29, 0.717) is 16.8 Å². The van der Waals surface area contributed by atoms with Crippen molar-refractivity contribution in [3.8, 4) is 11.8 Å². The summed E-state index contributed by atoms with van der Waals surface area (Å²) >= 11 is 6.10. The van der Waals surface area contributed by atoms with Gasteiger partial charge in [-0.3, -0.25) is 4.79 Å². The second-order valence-electron chi connectivity index (χ2n) is 5.69. The molecule has 0 saturated carbocycles. The highest BCUT2D eigenvalue weighted by atomic mass is 35.5. The molecule has 2 aromatic rings. The standard InChI is InChI=1S/C17H14ClN3O4S/c1-10(12-4-2-11(8-19)3-5-12)21-26(23,24)16-7-15-14(6-13(16)18)20-17(22)9-25-15/h2-7,10,21H,9H2,1H3,(H,20,22). The number of benzene rings is 2. The molecule has 1 unspecified atom stereocenters. The van der Waals surface area contributed by atoms with Gasteiger partial charge in [0.2, 0.25) is 10.0 Å². The first-order valence-electron chi connectivity index (χ1n) is 7.59. The first-order chi connectivity index (χ1) is 12.3. The Balaban J connectivity index is 1.88. The van der Waals surface area contributed by atoms with Gasteiger partial charge in [0.05, 0.1) is 22.3 Å². The quantitative estimate of drug-likeness (QED) is 0.832. The molecule has 1 heterocycles. The van der Waals surface area contributed by atoms with Crippen molar-refractivity contribution >= 4 is 33.2 Å². The summed E-state index contributed by atoms with van der Waals surface area (Å²) in [4.78, 5) is 11.2. The third-order valence-corrected chi connectivity index (χ3v) is 5.83. The molecule has 1 aliphatic heterocycles. The number of nitriles is 1. The maximum Gasteiger partial charge on any atom is 0.262 e. The summed E-state index contributed by atoms with van der Waals surface area (Å²) < 4.78 is 33.2. The number of amides is 1. The number of anilines is 1. The summed E-state index contributed by atoms with van der Waals surface area (Å²) in [5.74, 6) is -0.0999. The fourth-order valence-electron chi connectivity index (χ4n) is 2.50. The van der Waals surface area contributed by atoms with Crippen molar-refractivity contribution in [3.63, 3.8) is 0 Å². The number of ether oxygens (including phenoxy) is 1. The summed E-state index contributed by atoms with van der Waals surface area (Å²) in [5.41, 5.74) is 1.51. The molecule has 7 nitrogen and oxygen atoms in total. The average molecular weight is 392 g/mol. The van der Waals surface area contributed by atoms with Crippen molar-refractivity contribution in [2.24, 2.45) is 0 Å². The molecule has 2 aromatic carbocycles. The Morgan fingerprint density at radius 1 is 1.31 bits per heavy atom. The van der Waals surface area contributed by atoms with Crippen molar-refractivity contribution in [1.29, 1.82) is 5.26 Å². The molecule has 26 heavy (non-hydrogen) atoms. The Bertz CT molecular complexity index is 1010. The molecular formula is C17H14ClN3O4S. The lowest BCUT2D eigenvalue weighted by Crippen LogP contribution is -2.28. The maximum atomic E-state index is 12.7. The van der Waals surface area contributed by atoms with Crippen LogP contribution in [0.5, 0.6) is 5.75 Å². The second kappa shape index (κ2) is 6.96. The number of nitrogens with one attached hydrogen (secondary N) is 2. The number of hydrogen-bond donors (Lipinski definition) is 2. The molecule has 0 bridgehead atoms. The highest BCUT2D eigenvalue weighted by Gasteiger charge is 2.26. The lowest BCUT2D eigenvalue weighted by Gasteiger charge is -2.20. The third-order valence-electron chi connectivity index (χ3n) is 3.83. The van der Waals surface area contributed by atoms with Crippen molar-refractivity contribution < 1.29 is 17.9 Å². The fraction of sp³-hybridized carbons (Fsp3) is 0.176. The molecule has 1 atom stereocenters. The van der Waals surface area contributed by atoms with Crippen LogP contribution in [0.15, 0.2) is 41.3 Å². The summed E-state index contributed by atoms with van der Waals surface area (Å²) in [6, 6.07) is 10.7. The van der Waals surface area contributed by atoms with Gasteiger partial charge >= 0.3 is 0 Å². The molecular weight excluding hydrogens is 378 g/mol. The van der Waals surface area contributed by atoms with E-state index < -0.39 is 16.1 Å². The van der Waals surface area contributed by atoms with Crippen molar-refractivity contribution in [1.82, 2.24) is 4.72 Å². The number of carbonyl (C=O) groups is 1. The van der Waals surface area contributed by atoms with E-state index in [1.165, 1.54) is 12.1 Å². The van der Waals surface area contributed by atoms with E-state index in [1.807, 2.05) is 6.07 Å². The van der Waals surface area contributed by atoms with Crippen LogP contribution in [-0.4, -0.2) is 20.9 Å². The van der Waals surface area contributed by atoms with Gasteiger partial charge in [-0.1, -0.05) is 23.7 Å². The minimum atomic E-state index is -3.94. The number of nitrogens with zero attached hydrogens (tertiary/aromatic N) is 1. The Labute approximate surface area is 155 Å². The highest BCUT2D eigenvalue weighted by molar-refractivity contribution is 7.89. The summed E-state index contributed by atoms with van der Waals surface area (Å²) in [6.07, 6.45) is 0. The van der Waals surface area contributed by atoms with E-state index in [9.17, 15) is 13.2 Å². The molecule has 1 amide bonds. The normalized spacial score (nSPS) is 14.6. The molecule has 0 fully saturated rings. The first-order valence-corrected chi connectivity index (χ1v) is 9.45. The zero-order valence-corrected chi connectivity index (χ0v) is 15.2. The Morgan fingerprint density at radius 2 is 2.00 bits per heavy atom. The van der Waals surface area contributed by atoms with E-state index in [0.717, 1.165) is 0 Å². The maximum absolute atomic E-state index is 12.7. The molecule has 0 spiro atoms. The Hall–Kier alpha value is -2.60. The Morgan fingerprint density at radius 3 is 2.65 bits per heavy atom. The van der Waals surface area contributed by atoms with Crippen LogP contribution < -0.4 is 14.8 Å². The van der Waals surface area contributed by atoms with Crippen LogP contribution in [0, 0.1) is 11.3 Å². The second-order valence-corrected chi connectivity index (χ2v) is 7.78. The van der Waals surface area contributed by atoms with Crippen LogP contribution in [0.3, 0.4) is 0 Å². The number of rotatable bonds is 4. The van der Waals surface area contributed by atoms with Crippen LogP contribution in [0.1, 0.15) is 24.1 Å². The predicted octanol–water partition coefficient (Wildman–Crippen LogP) is 2.58. The van der Waals surface area contributed by atoms with Gasteiger partial charge in [0.1, 0.15) is 10.6 Å². The van der Waals surface area contributed by atoms with Crippen LogP contribution >= 0.6 is 11.6 Å². The summed E-state index contributed by atoms with van der Waals surface area (Å²) in [5, 5.41) is 11.4. The van der Waals surface area contributed by atoms with Crippen LogP contribution in [0.25, 0.3) is 0 Å². The van der Waals surface area contributed by atoms with Gasteiger partial charge in [-0.25, -0.2) is 13.1 Å². The zero-order valence-electron chi connectivity index (χ0n) is 13.6. The SMILES string of the molecule is CC(NS(=O)(=O)c1cc2c(cc1Cl)NC(=O)CO2)c1ccc(C#N)cc1. The molecule has 1 aliphatic rings. The van der Waals surface area contributed by atoms with E-state index >= 15 is 0 Å². The molecule has 3 rings (SSSR count). The van der Waals surface area contributed by atoms with Crippen LogP contribution in [0.4, 0.5) is 5.69 Å². The molecule has 0 saturated heterocycles. The minimum Gasteiger partial charge on any atom is -0.482 e. The van der Waals surface area contributed by atoms with E-state index in [2.05, 4.69) is 10.0 Å². The number of fused-ring (bicyclic) bond motifs is 1. The molecule has 0 aromatic heterocycles. The summed E-state index contributed by atoms with van der Waals surface area (Å²) in [6.45, 7) is 1.49. The molecule has 0 aliphatic carbocycles. The van der Waals surface area contributed by atoms with Gasteiger partial charge in [0, 0.05) is 12.1 Å². The average Bonchev–Trinajstić information content (AvgIpc) is 2.60. The zero-order chi connectivity index (χ0) is 18.9. The Kier molecular flexibility index (Phi) is 4.87. The summed E-state index contributed by atoms with van der Waals surface area (Å²) in [7, 11) is -3.94. The van der Waals surface area contributed by atoms with E-state index in [-0.39, 0.29) is 28.2 Å². The largest absolute Gasteiger partial charge is 0.482 e. The molecule has 9 heteroatoms. The third kappa shape index (κ3) is 3.65. The van der Waals surface area contributed by atoms with Crippen molar-refractivity contribution in [3.05, 3.63) is 52.5 Å². The van der Waals surface area contributed by atoms with Gasteiger partial charge in [-0.15, -0.1) is 0 Å². The number of hydrogen-bond acceptors (Lipinski definition) is 5. The van der Waals surface area contributed by atoms with Gasteiger partial charge in [-0.05, 0) is 30.7 Å². The van der Waals surface area contributed by atoms with Gasteiger partial charge < -0.3 is 10.1 Å². The van der Waals surface area contributed by atoms with Crippen LogP contribution in [0.2, 0.25) is 5.02 Å². The van der Waals surface area contributed by atoms with Crippen molar-refractivity contribution in [2.75, 3.05) is 11.9 Å². The lowest BCUT2D eigenvalue weighted by molar-refractivity contribution is -0.118. The number of sulfonamides is 1. The monoisotopic (exact) mass is 391 g/mol. The molecule has 0 radical (unpaired) electrons. The molecule has 2 N–H and O–H groups in total. The topological polar surface area (TPSA) is 108 Å². The van der Waals surface area contributed by atoms with Gasteiger partial charge in [-0.2, -0.15) is 5.26 Å².